The molecule has 0 aromatic heterocycles. The van der Waals surface area contributed by atoms with Gasteiger partial charge >= 0.3 is 426 Å². The second kappa shape index (κ2) is 25.1. The summed E-state index contributed by atoms with van der Waals surface area (Å²) in [4.78, 5) is 13.0. The van der Waals surface area contributed by atoms with Crippen LogP contribution in [0.25, 0.3) is 66.8 Å². The molecule has 0 atom stereocenters. The van der Waals surface area contributed by atoms with Crippen LogP contribution in [0.3, 0.4) is 0 Å². The topological polar surface area (TPSA) is 29.4 Å². The number of hydrogen-bond donors (Lipinski definition) is 0. The fourth-order valence-electron chi connectivity index (χ4n) is 11.2. The molecule has 0 unspecified atom stereocenters. The van der Waals surface area contributed by atoms with Gasteiger partial charge in [-0.1, -0.05) is 36.4 Å². The van der Waals surface area contributed by atoms with Gasteiger partial charge in [-0.25, -0.2) is 0 Å². The zero-order valence-electron chi connectivity index (χ0n) is 48.0. The number of benzene rings is 8. The van der Waals surface area contributed by atoms with Crippen LogP contribution in [-0.4, -0.2) is 15.2 Å². The summed E-state index contributed by atoms with van der Waals surface area (Å²) >= 11 is -0.714. The zero-order chi connectivity index (χ0) is 54.2. The quantitative estimate of drug-likeness (QED) is 0.0700. The molecule has 2 nitrogen and oxygen atoms in total. The predicted octanol–water partition coefficient (Wildman–Crippen LogP) is 21.4. The largest absolute Gasteiger partial charge is 0.0623 e. The molecule has 75 heavy (non-hydrogen) atoms. The van der Waals surface area contributed by atoms with Crippen molar-refractivity contribution in [1.29, 1.82) is 0 Å². The molecule has 0 saturated carbocycles. The maximum atomic E-state index is 13.0. The van der Waals surface area contributed by atoms with E-state index in [0.29, 0.717) is 47.3 Å². The van der Waals surface area contributed by atoms with Gasteiger partial charge in [0, 0.05) is 0 Å². The van der Waals surface area contributed by atoms with Crippen LogP contribution >= 0.6 is 0 Å². The molecular formula is C72H83NOSe. The van der Waals surface area contributed by atoms with Gasteiger partial charge in [-0.05, 0) is 0 Å². The average molecular weight is 1060 g/mol. The van der Waals surface area contributed by atoms with Crippen LogP contribution in [0.4, 0.5) is 0 Å². The van der Waals surface area contributed by atoms with E-state index < -0.39 is 15.2 Å². The van der Waals surface area contributed by atoms with Crippen molar-refractivity contribution in [2.75, 3.05) is 0 Å². The smallest absolute Gasteiger partial charge is 0.0623 e. The summed E-state index contributed by atoms with van der Waals surface area (Å²) in [5, 5.41) is 0. The normalized spacial score (nSPS) is 11.7. The van der Waals surface area contributed by atoms with E-state index in [1.54, 1.807) is 0 Å². The first-order valence-electron chi connectivity index (χ1n) is 27.8. The summed E-state index contributed by atoms with van der Waals surface area (Å²) in [6.07, 6.45) is 0. The van der Waals surface area contributed by atoms with Crippen molar-refractivity contribution < 1.29 is 0 Å². The number of rotatable bonds is 16. The Morgan fingerprint density at radius 3 is 0.640 bits per heavy atom. The maximum absolute atomic E-state index is 13.0. The van der Waals surface area contributed by atoms with E-state index in [9.17, 15) is 4.91 Å². The number of hydrogen-bond acceptors (Lipinski definition) is 2. The van der Waals surface area contributed by atoms with Crippen LogP contribution in [-0.2, 0) is 0 Å². The van der Waals surface area contributed by atoms with Gasteiger partial charge in [0.15, 0.2) is 0 Å². The molecule has 8 aromatic carbocycles. The first-order valence-corrected chi connectivity index (χ1v) is 29.4. The Kier molecular flexibility index (Phi) is 19.0. The van der Waals surface area contributed by atoms with Gasteiger partial charge in [0.2, 0.25) is 0 Å². The second-order valence-electron chi connectivity index (χ2n) is 23.1. The molecule has 0 aliphatic carbocycles. The Morgan fingerprint density at radius 1 is 0.267 bits per heavy atom. The fraction of sp³-hybridized carbons (Fsp3) is 0.333. The second-order valence-corrected chi connectivity index (χ2v) is 24.6. The third-order valence-electron chi connectivity index (χ3n) is 14.9. The zero-order valence-corrected chi connectivity index (χ0v) is 49.7. The predicted molar refractivity (Wildman–Crippen MR) is 329 cm³/mol. The molecule has 8 rings (SSSR count). The van der Waals surface area contributed by atoms with Crippen LogP contribution in [0.5, 0.6) is 0 Å². The fourth-order valence-corrected chi connectivity index (χ4v) is 12.5. The molecule has 0 aliphatic heterocycles. The molecule has 0 saturated heterocycles. The van der Waals surface area contributed by atoms with Crippen molar-refractivity contribution in [1.82, 2.24) is 0 Å². The van der Waals surface area contributed by atoms with E-state index in [1.165, 1.54) is 89.0 Å². The van der Waals surface area contributed by atoms with Gasteiger partial charge in [0.25, 0.3) is 0 Å². The Labute approximate surface area is 459 Å². The van der Waals surface area contributed by atoms with Crippen molar-refractivity contribution >= 4 is 19.6 Å². The molecule has 0 aliphatic rings. The SMILES string of the molecule is CC(C)c1cccc(C(C)C)c1-c1cc(-c2cccc(-c3cc(-c4c(C(C)C)cccc4C(C)C)cc(-c4c(C(C)C)cccc4C(C)C)c3)c2[Se]N=O)cc(-c2c(C(C)C)cccc2C(C)C)c1.c1ccccc1. The molecule has 3 heteroatoms. The van der Waals surface area contributed by atoms with E-state index in [-0.39, 0.29) is 0 Å². The van der Waals surface area contributed by atoms with E-state index >= 15 is 0 Å². The van der Waals surface area contributed by atoms with Crippen LogP contribution in [0.15, 0.2) is 168 Å². The monoisotopic (exact) mass is 1060 g/mol. The minimum Gasteiger partial charge on any atom is -0.0623 e. The first kappa shape index (κ1) is 56.6. The summed E-state index contributed by atoms with van der Waals surface area (Å²) in [5.74, 6) is 2.64. The molecule has 0 N–H and O–H groups in total. The number of nitrogens with zero attached hydrogens (tertiary/aromatic N) is 1. The van der Waals surface area contributed by atoms with Crippen molar-refractivity contribution in [3.63, 3.8) is 0 Å². The molecule has 0 spiro atoms. The van der Waals surface area contributed by atoms with Gasteiger partial charge < -0.3 is 0 Å². The summed E-state index contributed by atoms with van der Waals surface area (Å²) in [6, 6.07) is 60.8. The van der Waals surface area contributed by atoms with E-state index in [4.69, 9.17) is 0 Å². The third-order valence-corrected chi connectivity index (χ3v) is 16.4. The molecule has 8 aromatic rings. The standard InChI is InChI=1S/C66H77NOSe.C6H6/c1-38(2)52-22-17-23-53(39(3)4)62(52)48-32-46(33-49(36-48)63-54(40(5)6)24-18-25-55(63)41(7)8)60-30-21-31-61(66(60)69-67-68)47-34-50(64-56(42(9)10)26-19-27-57(64)43(11)12)37-51(35-47)65-58(44(13)14)28-20-29-59(65)45(15)16;1-2-4-6-5-3-1/h17-45H,1-16H3;1-6H. The van der Waals surface area contributed by atoms with E-state index in [2.05, 4.69) is 242 Å². The van der Waals surface area contributed by atoms with Crippen LogP contribution in [0, 0.1) is 4.91 Å². The summed E-state index contributed by atoms with van der Waals surface area (Å²) in [6.45, 7) is 37.0. The molecule has 0 fully saturated rings. The Bertz CT molecular complexity index is 2730. The Balaban J connectivity index is 0.00000127. The van der Waals surface area contributed by atoms with Gasteiger partial charge in [-0.15, -0.1) is 0 Å². The minimum atomic E-state index is -0.714. The van der Waals surface area contributed by atoms with Crippen molar-refractivity contribution in [3.8, 4) is 66.8 Å². The minimum absolute atomic E-state index is 0.331. The third kappa shape index (κ3) is 12.6. The van der Waals surface area contributed by atoms with Crippen LogP contribution in [0.2, 0.25) is 0 Å². The first-order chi connectivity index (χ1) is 35.8. The maximum Gasteiger partial charge on any atom is -0.0623 e. The Morgan fingerprint density at radius 2 is 0.453 bits per heavy atom. The summed E-state index contributed by atoms with van der Waals surface area (Å²) < 4.78 is 4.82. The van der Waals surface area contributed by atoms with Gasteiger partial charge in [-0.2, -0.15) is 0 Å². The molecule has 388 valence electrons. The summed E-state index contributed by atoms with van der Waals surface area (Å²) in [7, 11) is 0. The van der Waals surface area contributed by atoms with E-state index in [1.807, 2.05) is 36.4 Å². The molecule has 0 radical (unpaired) electrons. The van der Waals surface area contributed by atoms with Gasteiger partial charge in [0.05, 0.1) is 0 Å². The van der Waals surface area contributed by atoms with Crippen LogP contribution < -0.4 is 4.46 Å². The van der Waals surface area contributed by atoms with Gasteiger partial charge in [0.1, 0.15) is 0 Å². The van der Waals surface area contributed by atoms with Crippen molar-refractivity contribution in [2.45, 2.75) is 158 Å². The average Bonchev–Trinajstić information content (AvgIpc) is 3.40. The molecule has 0 bridgehead atoms. The number of nitroso groups, excluding NO2 is 1. The van der Waals surface area contributed by atoms with Gasteiger partial charge in [-0.3, -0.25) is 0 Å². The van der Waals surface area contributed by atoms with Crippen molar-refractivity contribution in [2.24, 2.45) is 4.19 Å². The molecule has 0 amide bonds. The molecular weight excluding hydrogens is 974 g/mol. The van der Waals surface area contributed by atoms with E-state index in [0.717, 1.165) is 26.7 Å². The van der Waals surface area contributed by atoms with Crippen LogP contribution in [0.1, 0.15) is 203 Å². The van der Waals surface area contributed by atoms with Crippen molar-refractivity contribution in [3.05, 3.63) is 213 Å². The Hall–Kier alpha value is -6.12. The molecule has 0 heterocycles. The summed E-state index contributed by atoms with van der Waals surface area (Å²) in [5.41, 5.74) is 25.4.